The zero-order chi connectivity index (χ0) is 22.3. The fourth-order valence-electron chi connectivity index (χ4n) is 2.48. The average molecular weight is 458 g/mol. The molecule has 10 heteroatoms. The third-order valence-electron chi connectivity index (χ3n) is 4.04. The quantitative estimate of drug-likeness (QED) is 0.590. The van der Waals surface area contributed by atoms with Crippen molar-refractivity contribution in [1.29, 1.82) is 0 Å². The summed E-state index contributed by atoms with van der Waals surface area (Å²) in [5, 5.41) is 5.72. The molecular formula is C20H19Cl2F2N3O3. The van der Waals surface area contributed by atoms with E-state index in [9.17, 15) is 23.2 Å². The van der Waals surface area contributed by atoms with Gasteiger partial charge in [-0.25, -0.2) is 8.78 Å². The monoisotopic (exact) mass is 457 g/mol. The van der Waals surface area contributed by atoms with E-state index in [0.29, 0.717) is 21.8 Å². The molecule has 2 aromatic carbocycles. The van der Waals surface area contributed by atoms with Crippen molar-refractivity contribution in [2.45, 2.75) is 12.8 Å². The van der Waals surface area contributed by atoms with Gasteiger partial charge in [0.05, 0.1) is 22.2 Å². The predicted molar refractivity (Wildman–Crippen MR) is 111 cm³/mol. The van der Waals surface area contributed by atoms with Gasteiger partial charge in [-0.2, -0.15) is 0 Å². The lowest BCUT2D eigenvalue weighted by atomic mass is 10.2. The summed E-state index contributed by atoms with van der Waals surface area (Å²) in [4.78, 5) is 37.3. The van der Waals surface area contributed by atoms with Crippen LogP contribution in [0.25, 0.3) is 0 Å². The first-order chi connectivity index (χ1) is 14.2. The minimum absolute atomic E-state index is 0.0722. The van der Waals surface area contributed by atoms with E-state index in [1.54, 1.807) is 12.1 Å². The summed E-state index contributed by atoms with van der Waals surface area (Å²) in [6, 6.07) is 7.28. The van der Waals surface area contributed by atoms with Crippen LogP contribution >= 0.6 is 23.2 Å². The number of anilines is 1. The SMILES string of the molecule is CN(CC(=O)Nc1ccc(Cl)c(Cl)c1)C(=O)CCCNC(=O)c1ccc(F)cc1F. The largest absolute Gasteiger partial charge is 0.352 e. The Morgan fingerprint density at radius 2 is 1.77 bits per heavy atom. The number of hydrogen-bond acceptors (Lipinski definition) is 3. The highest BCUT2D eigenvalue weighted by Crippen LogP contribution is 2.24. The van der Waals surface area contributed by atoms with E-state index < -0.39 is 23.4 Å². The maximum atomic E-state index is 13.6. The number of hydrogen-bond donors (Lipinski definition) is 2. The number of rotatable bonds is 8. The number of likely N-dealkylation sites (N-methyl/N-ethyl adjacent to an activating group) is 1. The van der Waals surface area contributed by atoms with Crippen molar-refractivity contribution in [3.8, 4) is 0 Å². The van der Waals surface area contributed by atoms with Gasteiger partial charge in [0.2, 0.25) is 11.8 Å². The predicted octanol–water partition coefficient (Wildman–Crippen LogP) is 3.88. The van der Waals surface area contributed by atoms with Crippen LogP contribution < -0.4 is 10.6 Å². The van der Waals surface area contributed by atoms with E-state index >= 15 is 0 Å². The van der Waals surface area contributed by atoms with Crippen molar-refractivity contribution in [3.63, 3.8) is 0 Å². The van der Waals surface area contributed by atoms with Crippen molar-refractivity contribution >= 4 is 46.6 Å². The first-order valence-corrected chi connectivity index (χ1v) is 9.65. The molecule has 2 N–H and O–H groups in total. The number of benzene rings is 2. The maximum absolute atomic E-state index is 13.6. The fraction of sp³-hybridized carbons (Fsp3) is 0.250. The Morgan fingerprint density at radius 3 is 2.43 bits per heavy atom. The molecular weight excluding hydrogens is 439 g/mol. The third-order valence-corrected chi connectivity index (χ3v) is 4.78. The fourth-order valence-corrected chi connectivity index (χ4v) is 2.78. The molecule has 0 fully saturated rings. The van der Waals surface area contributed by atoms with Gasteiger partial charge in [0.25, 0.3) is 5.91 Å². The minimum Gasteiger partial charge on any atom is -0.352 e. The van der Waals surface area contributed by atoms with Crippen molar-refractivity contribution in [2.75, 3.05) is 25.5 Å². The number of halogens is 4. The van der Waals surface area contributed by atoms with Gasteiger partial charge in [-0.15, -0.1) is 0 Å². The first-order valence-electron chi connectivity index (χ1n) is 8.89. The lowest BCUT2D eigenvalue weighted by molar-refractivity contribution is -0.133. The molecule has 0 aliphatic heterocycles. The Labute approximate surface area is 182 Å². The van der Waals surface area contributed by atoms with Crippen molar-refractivity contribution < 1.29 is 23.2 Å². The van der Waals surface area contributed by atoms with Crippen LogP contribution in [0.3, 0.4) is 0 Å². The van der Waals surface area contributed by atoms with Crippen LogP contribution in [-0.2, 0) is 9.59 Å². The molecule has 0 aliphatic carbocycles. The number of carbonyl (C=O) groups is 3. The second-order valence-electron chi connectivity index (χ2n) is 6.41. The van der Waals surface area contributed by atoms with Gasteiger partial charge in [-0.3, -0.25) is 14.4 Å². The van der Waals surface area contributed by atoms with Gasteiger partial charge < -0.3 is 15.5 Å². The summed E-state index contributed by atoms with van der Waals surface area (Å²) < 4.78 is 26.4. The molecule has 3 amide bonds. The molecule has 2 rings (SSSR count). The Hall–Kier alpha value is -2.71. The lowest BCUT2D eigenvalue weighted by Gasteiger charge is -2.17. The van der Waals surface area contributed by atoms with Crippen molar-refractivity contribution in [2.24, 2.45) is 0 Å². The highest BCUT2D eigenvalue weighted by Gasteiger charge is 2.15. The standard InChI is InChI=1S/C20H19Cl2F2N3O3/c1-27(11-18(28)26-13-5-7-15(21)16(22)10-13)19(29)3-2-8-25-20(30)14-6-4-12(23)9-17(14)24/h4-7,9-10H,2-3,8,11H2,1H3,(H,25,30)(H,26,28). The molecule has 0 saturated carbocycles. The number of nitrogens with zero attached hydrogens (tertiary/aromatic N) is 1. The average Bonchev–Trinajstić information content (AvgIpc) is 2.67. The summed E-state index contributed by atoms with van der Waals surface area (Å²) in [7, 11) is 1.48. The minimum atomic E-state index is -0.962. The lowest BCUT2D eigenvalue weighted by Crippen LogP contribution is -2.35. The second kappa shape index (κ2) is 10.9. The Kier molecular flexibility index (Phi) is 8.56. The number of amides is 3. The molecule has 2 aromatic rings. The molecule has 0 unspecified atom stereocenters. The maximum Gasteiger partial charge on any atom is 0.254 e. The van der Waals surface area contributed by atoms with Crippen LogP contribution in [0.1, 0.15) is 23.2 Å². The van der Waals surface area contributed by atoms with Crippen LogP contribution in [-0.4, -0.2) is 42.8 Å². The molecule has 30 heavy (non-hydrogen) atoms. The van der Waals surface area contributed by atoms with Crippen LogP contribution in [0.4, 0.5) is 14.5 Å². The van der Waals surface area contributed by atoms with Crippen LogP contribution in [0.15, 0.2) is 36.4 Å². The van der Waals surface area contributed by atoms with Crippen molar-refractivity contribution in [1.82, 2.24) is 10.2 Å². The molecule has 0 bridgehead atoms. The number of nitrogens with one attached hydrogen (secondary N) is 2. The molecule has 6 nitrogen and oxygen atoms in total. The van der Waals surface area contributed by atoms with Gasteiger partial charge >= 0.3 is 0 Å². The Balaban J connectivity index is 1.72. The van der Waals surface area contributed by atoms with Gasteiger partial charge in [0, 0.05) is 31.8 Å². The van der Waals surface area contributed by atoms with E-state index in [2.05, 4.69) is 10.6 Å². The second-order valence-corrected chi connectivity index (χ2v) is 7.22. The molecule has 0 aliphatic rings. The van der Waals surface area contributed by atoms with E-state index in [1.807, 2.05) is 0 Å². The summed E-state index contributed by atoms with van der Waals surface area (Å²) in [6.45, 7) is -0.0586. The summed E-state index contributed by atoms with van der Waals surface area (Å²) >= 11 is 11.7. The molecule has 0 spiro atoms. The first kappa shape index (κ1) is 23.6. The number of carbonyl (C=O) groups excluding carboxylic acids is 3. The Bertz CT molecular complexity index is 957. The third kappa shape index (κ3) is 6.96. The van der Waals surface area contributed by atoms with Gasteiger partial charge in [0.1, 0.15) is 11.6 Å². The highest BCUT2D eigenvalue weighted by molar-refractivity contribution is 6.42. The summed E-state index contributed by atoms with van der Waals surface area (Å²) in [6.07, 6.45) is 0.356. The highest BCUT2D eigenvalue weighted by atomic mass is 35.5. The molecule has 0 heterocycles. The Morgan fingerprint density at radius 1 is 1.03 bits per heavy atom. The topological polar surface area (TPSA) is 78.5 Å². The molecule has 0 aromatic heterocycles. The van der Waals surface area contributed by atoms with Gasteiger partial charge in [-0.05, 0) is 36.8 Å². The smallest absolute Gasteiger partial charge is 0.254 e. The molecule has 160 valence electrons. The summed E-state index contributed by atoms with van der Waals surface area (Å²) in [5.41, 5.74) is 0.171. The van der Waals surface area contributed by atoms with Gasteiger partial charge in [-0.1, -0.05) is 23.2 Å². The van der Waals surface area contributed by atoms with E-state index in [0.717, 1.165) is 12.1 Å². The van der Waals surface area contributed by atoms with Crippen molar-refractivity contribution in [3.05, 3.63) is 63.6 Å². The van der Waals surface area contributed by atoms with Crippen LogP contribution in [0.2, 0.25) is 10.0 Å². The van der Waals surface area contributed by atoms with E-state index in [4.69, 9.17) is 23.2 Å². The van der Waals surface area contributed by atoms with E-state index in [-0.39, 0.29) is 37.4 Å². The van der Waals surface area contributed by atoms with Crippen LogP contribution in [0, 0.1) is 11.6 Å². The summed E-state index contributed by atoms with van der Waals surface area (Å²) in [5.74, 6) is -3.16. The zero-order valence-electron chi connectivity index (χ0n) is 16.0. The molecule has 0 radical (unpaired) electrons. The van der Waals surface area contributed by atoms with E-state index in [1.165, 1.54) is 18.0 Å². The van der Waals surface area contributed by atoms with Gasteiger partial charge in [0.15, 0.2) is 0 Å². The van der Waals surface area contributed by atoms with Crippen LogP contribution in [0.5, 0.6) is 0 Å². The molecule has 0 atom stereocenters. The molecule has 0 saturated heterocycles. The zero-order valence-corrected chi connectivity index (χ0v) is 17.5. The normalized spacial score (nSPS) is 10.4.